The van der Waals surface area contributed by atoms with Gasteiger partial charge in [0.2, 0.25) is 5.13 Å². The fraction of sp³-hybridized carbons (Fsp3) is 0.130. The van der Waals surface area contributed by atoms with Crippen LogP contribution in [0.5, 0.6) is 0 Å². The van der Waals surface area contributed by atoms with Gasteiger partial charge in [-0.1, -0.05) is 35.6 Å². The number of nitrogens with zero attached hydrogens (tertiary/aromatic N) is 3. The first kappa shape index (κ1) is 20.6. The molecule has 2 aromatic carbocycles. The monoisotopic (exact) mass is 433 g/mol. The molecule has 1 atom stereocenters. The molecule has 4 rings (SSSR count). The first-order valence-electron chi connectivity index (χ1n) is 9.71. The molecule has 2 aromatic heterocycles. The van der Waals surface area contributed by atoms with E-state index in [9.17, 15) is 9.18 Å². The zero-order chi connectivity index (χ0) is 21.6. The van der Waals surface area contributed by atoms with Crippen LogP contribution in [0.15, 0.2) is 73.1 Å². The van der Waals surface area contributed by atoms with Crippen molar-refractivity contribution in [2.75, 3.05) is 10.6 Å². The maximum Gasteiger partial charge on any atom is 0.255 e. The van der Waals surface area contributed by atoms with Gasteiger partial charge < -0.3 is 10.6 Å². The van der Waals surface area contributed by atoms with Gasteiger partial charge in [0.05, 0.1) is 6.04 Å². The van der Waals surface area contributed by atoms with Crippen molar-refractivity contribution in [1.29, 1.82) is 0 Å². The molecule has 1 amide bonds. The van der Waals surface area contributed by atoms with Crippen LogP contribution in [0.4, 0.5) is 15.2 Å². The quantitative estimate of drug-likeness (QED) is 0.424. The Morgan fingerprint density at radius 2 is 1.71 bits per heavy atom. The largest absolute Gasteiger partial charge is 0.354 e. The number of nitrogens with one attached hydrogen (secondary N) is 2. The lowest BCUT2D eigenvalue weighted by Gasteiger charge is -2.13. The molecule has 0 saturated carbocycles. The molecular weight excluding hydrogens is 413 g/mol. The molecule has 0 spiro atoms. The topological polar surface area (TPSA) is 79.8 Å². The molecule has 4 aromatic rings. The normalized spacial score (nSPS) is 11.7. The van der Waals surface area contributed by atoms with Crippen molar-refractivity contribution in [3.05, 3.63) is 101 Å². The van der Waals surface area contributed by atoms with Crippen molar-refractivity contribution in [2.45, 2.75) is 19.4 Å². The maximum absolute atomic E-state index is 13.0. The van der Waals surface area contributed by atoms with Crippen LogP contribution in [0.2, 0.25) is 0 Å². The Bertz CT molecular complexity index is 1150. The number of aromatic nitrogens is 3. The molecule has 0 aliphatic carbocycles. The van der Waals surface area contributed by atoms with Gasteiger partial charge in [0.25, 0.3) is 5.91 Å². The van der Waals surface area contributed by atoms with Crippen molar-refractivity contribution in [2.24, 2.45) is 0 Å². The van der Waals surface area contributed by atoms with Gasteiger partial charge in [0.15, 0.2) is 0 Å². The molecule has 0 bridgehead atoms. The molecule has 0 aliphatic heterocycles. The fourth-order valence-electron chi connectivity index (χ4n) is 2.99. The molecule has 31 heavy (non-hydrogen) atoms. The summed E-state index contributed by atoms with van der Waals surface area (Å²) in [7, 11) is 0. The lowest BCUT2D eigenvalue weighted by molar-refractivity contribution is 0.102. The summed E-state index contributed by atoms with van der Waals surface area (Å²) < 4.78 is 13.0. The summed E-state index contributed by atoms with van der Waals surface area (Å²) in [5.41, 5.74) is 3.32. The number of hydrogen-bond acceptors (Lipinski definition) is 6. The SMILES string of the molecule is CC(Nc1nnc(Cc2ccc(F)cc2)s1)c1ccc(NC(=O)c2ccncc2)cc1. The van der Waals surface area contributed by atoms with Crippen molar-refractivity contribution in [3.63, 3.8) is 0 Å². The molecule has 0 fully saturated rings. The van der Waals surface area contributed by atoms with Crippen LogP contribution in [0.3, 0.4) is 0 Å². The molecule has 0 saturated heterocycles. The van der Waals surface area contributed by atoms with E-state index in [1.807, 2.05) is 31.2 Å². The van der Waals surface area contributed by atoms with Crippen LogP contribution < -0.4 is 10.6 Å². The Labute approximate surface area is 183 Å². The van der Waals surface area contributed by atoms with Gasteiger partial charge in [-0.2, -0.15) is 0 Å². The highest BCUT2D eigenvalue weighted by Crippen LogP contribution is 2.24. The van der Waals surface area contributed by atoms with E-state index in [2.05, 4.69) is 25.8 Å². The van der Waals surface area contributed by atoms with Crippen LogP contribution in [0.25, 0.3) is 0 Å². The Morgan fingerprint density at radius 1 is 1.00 bits per heavy atom. The van der Waals surface area contributed by atoms with Gasteiger partial charge in [-0.05, 0) is 54.4 Å². The second-order valence-corrected chi connectivity index (χ2v) is 8.04. The zero-order valence-corrected chi connectivity index (χ0v) is 17.6. The van der Waals surface area contributed by atoms with Crippen LogP contribution in [-0.4, -0.2) is 21.1 Å². The minimum atomic E-state index is -0.250. The Morgan fingerprint density at radius 3 is 2.42 bits per heavy atom. The highest BCUT2D eigenvalue weighted by molar-refractivity contribution is 7.15. The first-order valence-corrected chi connectivity index (χ1v) is 10.5. The third-order valence-corrected chi connectivity index (χ3v) is 5.54. The summed E-state index contributed by atoms with van der Waals surface area (Å²) in [6, 6.07) is 17.4. The summed E-state index contributed by atoms with van der Waals surface area (Å²) in [5.74, 6) is -0.427. The lowest BCUT2D eigenvalue weighted by atomic mass is 10.1. The van der Waals surface area contributed by atoms with Crippen molar-refractivity contribution in [3.8, 4) is 0 Å². The van der Waals surface area contributed by atoms with Crippen molar-refractivity contribution < 1.29 is 9.18 Å². The summed E-state index contributed by atoms with van der Waals surface area (Å²) >= 11 is 1.47. The molecule has 2 heterocycles. The number of hydrogen-bond donors (Lipinski definition) is 2. The van der Waals surface area contributed by atoms with Gasteiger partial charge in [0.1, 0.15) is 10.8 Å². The number of amides is 1. The van der Waals surface area contributed by atoms with Crippen LogP contribution in [0, 0.1) is 5.82 Å². The van der Waals surface area contributed by atoms with Crippen LogP contribution in [0.1, 0.15) is 39.5 Å². The number of pyridine rings is 1. The third kappa shape index (κ3) is 5.49. The Balaban J connectivity index is 1.34. The molecule has 0 aliphatic rings. The van der Waals surface area contributed by atoms with Crippen LogP contribution in [-0.2, 0) is 6.42 Å². The summed E-state index contributed by atoms with van der Waals surface area (Å²) in [6.45, 7) is 2.03. The molecular formula is C23H20FN5OS. The third-order valence-electron chi connectivity index (χ3n) is 4.69. The Hall–Kier alpha value is -3.65. The molecule has 156 valence electrons. The summed E-state index contributed by atoms with van der Waals surface area (Å²) in [5, 5.41) is 16.2. The average Bonchev–Trinajstić information content (AvgIpc) is 3.23. The fourth-order valence-corrected chi connectivity index (χ4v) is 3.85. The van der Waals surface area contributed by atoms with Gasteiger partial charge >= 0.3 is 0 Å². The Kier molecular flexibility index (Phi) is 6.28. The predicted octanol–water partition coefficient (Wildman–Crippen LogP) is 5.09. The lowest BCUT2D eigenvalue weighted by Crippen LogP contribution is -2.12. The van der Waals surface area contributed by atoms with Gasteiger partial charge in [0, 0.05) is 30.1 Å². The zero-order valence-electron chi connectivity index (χ0n) is 16.7. The smallest absolute Gasteiger partial charge is 0.255 e. The average molecular weight is 434 g/mol. The van der Waals surface area contributed by atoms with Crippen LogP contribution >= 0.6 is 11.3 Å². The number of benzene rings is 2. The van der Waals surface area contributed by atoms with Gasteiger partial charge in [-0.15, -0.1) is 10.2 Å². The highest BCUT2D eigenvalue weighted by Gasteiger charge is 2.11. The second-order valence-electron chi connectivity index (χ2n) is 6.98. The number of carbonyl (C=O) groups is 1. The number of anilines is 2. The molecule has 0 radical (unpaired) electrons. The summed E-state index contributed by atoms with van der Waals surface area (Å²) in [4.78, 5) is 16.2. The van der Waals surface area contributed by atoms with Gasteiger partial charge in [-0.3, -0.25) is 9.78 Å². The van der Waals surface area contributed by atoms with Gasteiger partial charge in [-0.25, -0.2) is 4.39 Å². The molecule has 2 N–H and O–H groups in total. The maximum atomic E-state index is 13.0. The number of carbonyl (C=O) groups excluding carboxylic acids is 1. The van der Waals surface area contributed by atoms with Crippen molar-refractivity contribution in [1.82, 2.24) is 15.2 Å². The number of halogens is 1. The van der Waals surface area contributed by atoms with Crippen molar-refractivity contribution >= 4 is 28.1 Å². The molecule has 6 nitrogen and oxygen atoms in total. The van der Waals surface area contributed by atoms with E-state index in [4.69, 9.17) is 0 Å². The van der Waals surface area contributed by atoms with E-state index < -0.39 is 0 Å². The van der Waals surface area contributed by atoms with E-state index in [1.54, 1.807) is 36.7 Å². The van der Waals surface area contributed by atoms with E-state index in [-0.39, 0.29) is 17.8 Å². The van der Waals surface area contributed by atoms with E-state index in [0.29, 0.717) is 12.0 Å². The number of rotatable bonds is 7. The second kappa shape index (κ2) is 9.44. The molecule has 1 unspecified atom stereocenters. The van der Waals surface area contributed by atoms with E-state index in [1.165, 1.54) is 23.5 Å². The summed E-state index contributed by atoms with van der Waals surface area (Å²) in [6.07, 6.45) is 3.79. The predicted molar refractivity (Wildman–Crippen MR) is 120 cm³/mol. The standard InChI is InChI=1S/C23H20FN5OS/c1-15(26-23-29-28-21(31-23)14-16-2-6-19(24)7-3-16)17-4-8-20(9-5-17)27-22(30)18-10-12-25-13-11-18/h2-13,15H,14H2,1H3,(H,26,29)(H,27,30). The minimum absolute atomic E-state index is 0.0107. The minimum Gasteiger partial charge on any atom is -0.354 e. The highest BCUT2D eigenvalue weighted by atomic mass is 32.1. The van der Waals surface area contributed by atoms with E-state index in [0.717, 1.165) is 27.0 Å². The first-order chi connectivity index (χ1) is 15.1. The van der Waals surface area contributed by atoms with E-state index >= 15 is 0 Å². The molecule has 8 heteroatoms.